The lowest BCUT2D eigenvalue weighted by Gasteiger charge is -2.08. The van der Waals surface area contributed by atoms with Crippen molar-refractivity contribution in [1.82, 2.24) is 0 Å². The second-order valence-electron chi connectivity index (χ2n) is 3.18. The molecule has 0 aliphatic rings. The molecule has 0 aliphatic carbocycles. The molecule has 0 aliphatic heterocycles. The molecule has 0 aromatic heterocycles. The smallest absolute Gasteiger partial charge is 0.309 e. The van der Waals surface area contributed by atoms with Crippen molar-refractivity contribution >= 4 is 28.2 Å². The Balaban J connectivity index is 2.52. The molecular formula is C12H13BrO4. The van der Waals surface area contributed by atoms with E-state index < -0.39 is 0 Å². The first-order valence-corrected chi connectivity index (χ1v) is 6.00. The van der Waals surface area contributed by atoms with Crippen LogP contribution in [0.5, 0.6) is 5.75 Å². The third kappa shape index (κ3) is 4.19. The van der Waals surface area contributed by atoms with Gasteiger partial charge in [-0.3, -0.25) is 9.59 Å². The molecule has 0 unspecified atom stereocenters. The fourth-order valence-corrected chi connectivity index (χ4v) is 1.68. The molecule has 0 saturated heterocycles. The lowest BCUT2D eigenvalue weighted by atomic mass is 10.2. The van der Waals surface area contributed by atoms with Crippen molar-refractivity contribution < 1.29 is 19.1 Å². The molecule has 0 N–H and O–H groups in total. The maximum absolute atomic E-state index is 11.1. The molecule has 0 atom stereocenters. The van der Waals surface area contributed by atoms with Crippen molar-refractivity contribution in [2.45, 2.75) is 13.3 Å². The maximum Gasteiger partial charge on any atom is 0.309 e. The van der Waals surface area contributed by atoms with E-state index in [9.17, 15) is 9.59 Å². The molecule has 0 saturated carbocycles. The van der Waals surface area contributed by atoms with Gasteiger partial charge in [-0.2, -0.15) is 0 Å². The quantitative estimate of drug-likeness (QED) is 0.598. The first kappa shape index (κ1) is 13.7. The number of hydrogen-bond acceptors (Lipinski definition) is 4. The highest BCUT2D eigenvalue weighted by molar-refractivity contribution is 9.10. The molecular weight excluding hydrogens is 288 g/mol. The average molecular weight is 301 g/mol. The highest BCUT2D eigenvalue weighted by atomic mass is 79.9. The van der Waals surface area contributed by atoms with Crippen LogP contribution in [0.1, 0.15) is 23.7 Å². The van der Waals surface area contributed by atoms with Crippen molar-refractivity contribution in [3.05, 3.63) is 28.2 Å². The zero-order valence-electron chi connectivity index (χ0n) is 9.44. The number of rotatable bonds is 6. The number of carbonyl (C=O) groups excluding carboxylic acids is 2. The molecule has 0 radical (unpaired) electrons. The number of benzene rings is 1. The fraction of sp³-hybridized carbons (Fsp3) is 0.333. The lowest BCUT2D eigenvalue weighted by molar-refractivity contribution is -0.143. The van der Waals surface area contributed by atoms with Gasteiger partial charge in [-0.1, -0.05) is 12.1 Å². The second-order valence-corrected chi connectivity index (χ2v) is 3.97. The van der Waals surface area contributed by atoms with Crippen LogP contribution >= 0.6 is 15.9 Å². The van der Waals surface area contributed by atoms with Crippen LogP contribution in [0, 0.1) is 0 Å². The first-order chi connectivity index (χ1) is 8.19. The van der Waals surface area contributed by atoms with E-state index in [0.717, 1.165) is 6.29 Å². The first-order valence-electron chi connectivity index (χ1n) is 5.21. The van der Waals surface area contributed by atoms with Gasteiger partial charge in [0.1, 0.15) is 5.75 Å². The van der Waals surface area contributed by atoms with Crippen molar-refractivity contribution in [2.24, 2.45) is 0 Å². The zero-order valence-corrected chi connectivity index (χ0v) is 11.0. The van der Waals surface area contributed by atoms with Crippen LogP contribution in [-0.4, -0.2) is 25.5 Å². The molecule has 0 fully saturated rings. The summed E-state index contributed by atoms with van der Waals surface area (Å²) in [5.41, 5.74) is 0.513. The number of carbonyl (C=O) groups is 2. The van der Waals surface area contributed by atoms with Crippen LogP contribution < -0.4 is 4.74 Å². The number of aldehydes is 1. The van der Waals surface area contributed by atoms with E-state index in [2.05, 4.69) is 15.9 Å². The molecule has 1 aromatic carbocycles. The van der Waals surface area contributed by atoms with Gasteiger partial charge in [-0.15, -0.1) is 0 Å². The fourth-order valence-electron chi connectivity index (χ4n) is 1.21. The van der Waals surface area contributed by atoms with Crippen LogP contribution in [0.2, 0.25) is 0 Å². The molecule has 5 heteroatoms. The lowest BCUT2D eigenvalue weighted by Crippen LogP contribution is -2.09. The number of esters is 1. The summed E-state index contributed by atoms with van der Waals surface area (Å²) >= 11 is 3.27. The Hall–Kier alpha value is -1.36. The monoisotopic (exact) mass is 300 g/mol. The summed E-state index contributed by atoms with van der Waals surface area (Å²) in [6, 6.07) is 5.12. The van der Waals surface area contributed by atoms with E-state index in [4.69, 9.17) is 9.47 Å². The van der Waals surface area contributed by atoms with Gasteiger partial charge < -0.3 is 9.47 Å². The van der Waals surface area contributed by atoms with Gasteiger partial charge in [-0.05, 0) is 28.9 Å². The summed E-state index contributed by atoms with van der Waals surface area (Å²) in [5, 5.41) is 0. The minimum absolute atomic E-state index is 0.186. The third-order valence-electron chi connectivity index (χ3n) is 1.99. The molecule has 0 bridgehead atoms. The van der Waals surface area contributed by atoms with Crippen molar-refractivity contribution in [3.8, 4) is 5.75 Å². The number of hydrogen-bond donors (Lipinski definition) is 0. The van der Waals surface area contributed by atoms with Crippen LogP contribution in [-0.2, 0) is 9.53 Å². The van der Waals surface area contributed by atoms with Gasteiger partial charge in [0.15, 0.2) is 6.29 Å². The standard InChI is InChI=1S/C12H13BrO4/c1-2-16-11(15)6-7-17-10-5-3-4-9(8-14)12(10)13/h3-5,8H,2,6-7H2,1H3. The highest BCUT2D eigenvalue weighted by Gasteiger charge is 2.07. The highest BCUT2D eigenvalue weighted by Crippen LogP contribution is 2.27. The number of ether oxygens (including phenoxy) is 2. The van der Waals surface area contributed by atoms with Crippen molar-refractivity contribution in [2.75, 3.05) is 13.2 Å². The Morgan fingerprint density at radius 3 is 2.88 bits per heavy atom. The summed E-state index contributed by atoms with van der Waals surface area (Å²) < 4.78 is 10.8. The predicted molar refractivity (Wildman–Crippen MR) is 66.3 cm³/mol. The molecule has 1 aromatic rings. The SMILES string of the molecule is CCOC(=O)CCOc1cccc(C=O)c1Br. The van der Waals surface area contributed by atoms with Gasteiger partial charge in [0.05, 0.1) is 24.1 Å². The molecule has 4 nitrogen and oxygen atoms in total. The Labute approximate surface area is 108 Å². The molecule has 17 heavy (non-hydrogen) atoms. The summed E-state index contributed by atoms with van der Waals surface area (Å²) in [6.07, 6.45) is 0.924. The Bertz CT molecular complexity index is 403. The van der Waals surface area contributed by atoms with E-state index in [1.54, 1.807) is 25.1 Å². The topological polar surface area (TPSA) is 52.6 Å². The van der Waals surface area contributed by atoms with Crippen LogP contribution in [0.4, 0.5) is 0 Å². The molecule has 0 heterocycles. The minimum Gasteiger partial charge on any atom is -0.492 e. The number of halogens is 1. The summed E-state index contributed by atoms with van der Waals surface area (Å²) in [4.78, 5) is 21.8. The summed E-state index contributed by atoms with van der Waals surface area (Å²) in [5.74, 6) is 0.245. The molecule has 0 amide bonds. The van der Waals surface area contributed by atoms with Crippen LogP contribution in [0.3, 0.4) is 0 Å². The van der Waals surface area contributed by atoms with Crippen molar-refractivity contribution in [1.29, 1.82) is 0 Å². The van der Waals surface area contributed by atoms with Crippen LogP contribution in [0.25, 0.3) is 0 Å². The normalized spacial score (nSPS) is 9.76. The van der Waals surface area contributed by atoms with E-state index in [1.807, 2.05) is 0 Å². The Morgan fingerprint density at radius 2 is 2.24 bits per heavy atom. The van der Waals surface area contributed by atoms with Crippen LogP contribution in [0.15, 0.2) is 22.7 Å². The molecule has 0 spiro atoms. The Kier molecular flexibility index (Phi) is 5.69. The van der Waals surface area contributed by atoms with Crippen molar-refractivity contribution in [3.63, 3.8) is 0 Å². The molecule has 92 valence electrons. The van der Waals surface area contributed by atoms with Gasteiger partial charge >= 0.3 is 5.97 Å². The van der Waals surface area contributed by atoms with E-state index >= 15 is 0 Å². The second kappa shape index (κ2) is 7.06. The average Bonchev–Trinajstić information content (AvgIpc) is 2.32. The predicted octanol–water partition coefficient (Wildman–Crippen LogP) is 2.59. The summed E-state index contributed by atoms with van der Waals surface area (Å²) in [6.45, 7) is 2.34. The minimum atomic E-state index is -0.296. The van der Waals surface area contributed by atoms with E-state index in [0.29, 0.717) is 22.4 Å². The molecule has 1 rings (SSSR count). The zero-order chi connectivity index (χ0) is 12.7. The van der Waals surface area contributed by atoms with E-state index in [-0.39, 0.29) is 19.0 Å². The Morgan fingerprint density at radius 1 is 1.47 bits per heavy atom. The van der Waals surface area contributed by atoms with Gasteiger partial charge in [0, 0.05) is 5.56 Å². The van der Waals surface area contributed by atoms with Gasteiger partial charge in [-0.25, -0.2) is 0 Å². The van der Waals surface area contributed by atoms with Gasteiger partial charge in [0.2, 0.25) is 0 Å². The maximum atomic E-state index is 11.1. The van der Waals surface area contributed by atoms with Gasteiger partial charge in [0.25, 0.3) is 0 Å². The largest absolute Gasteiger partial charge is 0.492 e. The summed E-state index contributed by atoms with van der Waals surface area (Å²) in [7, 11) is 0. The van der Waals surface area contributed by atoms with E-state index in [1.165, 1.54) is 0 Å². The third-order valence-corrected chi connectivity index (χ3v) is 2.84.